The van der Waals surface area contributed by atoms with Crippen LogP contribution in [0.5, 0.6) is 0 Å². The molecule has 6 heteroatoms. The smallest absolute Gasteiger partial charge is 0.269 e. The maximum atomic E-state index is 12.4. The minimum absolute atomic E-state index is 0.133. The third-order valence-electron chi connectivity index (χ3n) is 4.01. The van der Waals surface area contributed by atoms with Crippen molar-refractivity contribution < 1.29 is 4.79 Å². The van der Waals surface area contributed by atoms with E-state index in [4.69, 9.17) is 0 Å². The Hall–Kier alpha value is -2.89. The lowest BCUT2D eigenvalue weighted by molar-refractivity contribution is 0.0933. The van der Waals surface area contributed by atoms with E-state index >= 15 is 0 Å². The van der Waals surface area contributed by atoms with Crippen molar-refractivity contribution in [1.82, 2.24) is 25.3 Å². The average Bonchev–Trinajstić information content (AvgIpc) is 3.24. The monoisotopic (exact) mass is 323 g/mol. The standard InChI is InChI=1S/C18H21N5O/c1-4-23-17(9-10-19-23)13(3)20-18(24)16-11-15(21-22-16)14-7-5-12(2)6-8-14/h5-11,13H,4H2,1-3H3,(H,20,24)(H,21,22). The van der Waals surface area contributed by atoms with Gasteiger partial charge in [-0.1, -0.05) is 29.8 Å². The molecule has 2 aromatic heterocycles. The number of hydrogen-bond acceptors (Lipinski definition) is 3. The van der Waals surface area contributed by atoms with E-state index in [-0.39, 0.29) is 11.9 Å². The van der Waals surface area contributed by atoms with Crippen molar-refractivity contribution in [1.29, 1.82) is 0 Å². The van der Waals surface area contributed by atoms with E-state index in [2.05, 4.69) is 20.6 Å². The van der Waals surface area contributed by atoms with E-state index in [0.29, 0.717) is 5.69 Å². The van der Waals surface area contributed by atoms with Gasteiger partial charge in [0.1, 0.15) is 5.69 Å². The Bertz CT molecular complexity index is 831. The molecule has 0 aliphatic heterocycles. The molecule has 3 rings (SSSR count). The molecule has 0 fully saturated rings. The molecule has 1 atom stereocenters. The zero-order valence-corrected chi connectivity index (χ0v) is 14.1. The summed E-state index contributed by atoms with van der Waals surface area (Å²) in [6, 6.07) is 11.6. The van der Waals surface area contributed by atoms with Gasteiger partial charge in [-0.05, 0) is 32.9 Å². The number of carbonyl (C=O) groups is 1. The van der Waals surface area contributed by atoms with Crippen molar-refractivity contribution >= 4 is 5.91 Å². The molecule has 2 heterocycles. The van der Waals surface area contributed by atoms with Crippen molar-refractivity contribution in [3.63, 3.8) is 0 Å². The second-order valence-corrected chi connectivity index (χ2v) is 5.80. The van der Waals surface area contributed by atoms with Crippen molar-refractivity contribution in [3.05, 3.63) is 59.5 Å². The first kappa shape index (κ1) is 16.0. The molecular weight excluding hydrogens is 302 g/mol. The molecule has 0 spiro atoms. The lowest BCUT2D eigenvalue weighted by Crippen LogP contribution is -2.28. The second-order valence-electron chi connectivity index (χ2n) is 5.80. The van der Waals surface area contributed by atoms with Crippen LogP contribution >= 0.6 is 0 Å². The van der Waals surface area contributed by atoms with Gasteiger partial charge in [-0.3, -0.25) is 14.6 Å². The van der Waals surface area contributed by atoms with Crippen LogP contribution in [-0.4, -0.2) is 25.9 Å². The first-order chi connectivity index (χ1) is 11.6. The number of aromatic amines is 1. The SMILES string of the molecule is CCn1nccc1C(C)NC(=O)c1cc(-c2ccc(C)cc2)n[nH]1. The number of nitrogens with one attached hydrogen (secondary N) is 2. The van der Waals surface area contributed by atoms with Crippen molar-refractivity contribution in [2.24, 2.45) is 0 Å². The molecule has 0 saturated carbocycles. The van der Waals surface area contributed by atoms with Crippen LogP contribution in [0.1, 0.15) is 41.6 Å². The molecule has 2 N–H and O–H groups in total. The van der Waals surface area contributed by atoms with E-state index in [0.717, 1.165) is 23.5 Å². The molecule has 1 amide bonds. The van der Waals surface area contributed by atoms with Gasteiger partial charge in [-0.25, -0.2) is 0 Å². The molecule has 0 saturated heterocycles. The minimum Gasteiger partial charge on any atom is -0.343 e. The molecule has 1 aromatic carbocycles. The number of rotatable bonds is 5. The molecule has 0 bridgehead atoms. The molecule has 3 aromatic rings. The van der Waals surface area contributed by atoms with E-state index < -0.39 is 0 Å². The highest BCUT2D eigenvalue weighted by atomic mass is 16.2. The molecule has 0 aliphatic carbocycles. The van der Waals surface area contributed by atoms with Crippen molar-refractivity contribution in [2.45, 2.75) is 33.4 Å². The van der Waals surface area contributed by atoms with Gasteiger partial charge in [0, 0.05) is 18.3 Å². The lowest BCUT2D eigenvalue weighted by Gasteiger charge is -2.14. The summed E-state index contributed by atoms with van der Waals surface area (Å²) < 4.78 is 1.87. The van der Waals surface area contributed by atoms with E-state index in [9.17, 15) is 4.79 Å². The molecular formula is C18H21N5O. The fraction of sp³-hybridized carbons (Fsp3) is 0.278. The quantitative estimate of drug-likeness (QED) is 0.757. The highest BCUT2D eigenvalue weighted by Crippen LogP contribution is 2.19. The van der Waals surface area contributed by atoms with Gasteiger partial charge in [0.2, 0.25) is 0 Å². The summed E-state index contributed by atoms with van der Waals surface area (Å²) in [5.74, 6) is -0.183. The molecule has 1 unspecified atom stereocenters. The number of aromatic nitrogens is 4. The van der Waals surface area contributed by atoms with Crippen LogP contribution in [0.2, 0.25) is 0 Å². The summed E-state index contributed by atoms with van der Waals surface area (Å²) >= 11 is 0. The zero-order chi connectivity index (χ0) is 17.1. The Morgan fingerprint density at radius 1 is 1.29 bits per heavy atom. The number of carbonyl (C=O) groups excluding carboxylic acids is 1. The predicted octanol–water partition coefficient (Wildman–Crippen LogP) is 3.09. The van der Waals surface area contributed by atoms with Gasteiger partial charge in [0.15, 0.2) is 0 Å². The van der Waals surface area contributed by atoms with Crippen LogP contribution in [0, 0.1) is 6.92 Å². The molecule has 0 radical (unpaired) electrons. The number of amides is 1. The third-order valence-corrected chi connectivity index (χ3v) is 4.01. The molecule has 0 aliphatic rings. The van der Waals surface area contributed by atoms with Crippen LogP contribution in [-0.2, 0) is 6.54 Å². The average molecular weight is 323 g/mol. The van der Waals surface area contributed by atoms with Crippen LogP contribution in [0.15, 0.2) is 42.6 Å². The Morgan fingerprint density at radius 2 is 2.04 bits per heavy atom. The first-order valence-electron chi connectivity index (χ1n) is 8.03. The third kappa shape index (κ3) is 3.22. The highest BCUT2D eigenvalue weighted by molar-refractivity contribution is 5.93. The van der Waals surface area contributed by atoms with Crippen LogP contribution < -0.4 is 5.32 Å². The summed E-state index contributed by atoms with van der Waals surface area (Å²) in [7, 11) is 0. The van der Waals surface area contributed by atoms with Gasteiger partial charge in [0.25, 0.3) is 5.91 Å². The maximum absolute atomic E-state index is 12.4. The summed E-state index contributed by atoms with van der Waals surface area (Å²) in [6.45, 7) is 6.77. The Kier molecular flexibility index (Phi) is 4.46. The van der Waals surface area contributed by atoms with Gasteiger partial charge < -0.3 is 5.32 Å². The highest BCUT2D eigenvalue weighted by Gasteiger charge is 2.16. The topological polar surface area (TPSA) is 75.6 Å². The van der Waals surface area contributed by atoms with Crippen molar-refractivity contribution in [3.8, 4) is 11.3 Å². The van der Waals surface area contributed by atoms with Gasteiger partial charge >= 0.3 is 0 Å². The van der Waals surface area contributed by atoms with E-state index in [1.807, 2.05) is 55.8 Å². The zero-order valence-electron chi connectivity index (χ0n) is 14.1. The van der Waals surface area contributed by atoms with Gasteiger partial charge in [-0.2, -0.15) is 10.2 Å². The lowest BCUT2D eigenvalue weighted by atomic mass is 10.1. The number of H-pyrrole nitrogens is 1. The largest absolute Gasteiger partial charge is 0.343 e. The number of nitrogens with zero attached hydrogens (tertiary/aromatic N) is 3. The second kappa shape index (κ2) is 6.70. The van der Waals surface area contributed by atoms with Gasteiger partial charge in [-0.15, -0.1) is 0 Å². The van der Waals surface area contributed by atoms with Crippen molar-refractivity contribution in [2.75, 3.05) is 0 Å². The Balaban J connectivity index is 1.73. The predicted molar refractivity (Wildman–Crippen MR) is 92.5 cm³/mol. The van der Waals surface area contributed by atoms with Crippen LogP contribution in [0.25, 0.3) is 11.3 Å². The molecule has 6 nitrogen and oxygen atoms in total. The minimum atomic E-state index is -0.183. The Labute approximate surface area is 140 Å². The Morgan fingerprint density at radius 3 is 2.75 bits per heavy atom. The summed E-state index contributed by atoms with van der Waals surface area (Å²) in [4.78, 5) is 12.4. The summed E-state index contributed by atoms with van der Waals surface area (Å²) in [5.41, 5.74) is 4.34. The van der Waals surface area contributed by atoms with Crippen LogP contribution in [0.4, 0.5) is 0 Å². The van der Waals surface area contributed by atoms with E-state index in [1.165, 1.54) is 5.56 Å². The number of benzene rings is 1. The van der Waals surface area contributed by atoms with Gasteiger partial charge in [0.05, 0.1) is 17.4 Å². The molecule has 124 valence electrons. The number of hydrogen-bond donors (Lipinski definition) is 2. The van der Waals surface area contributed by atoms with E-state index in [1.54, 1.807) is 12.3 Å². The first-order valence-corrected chi connectivity index (χ1v) is 8.03. The maximum Gasteiger partial charge on any atom is 0.269 e. The summed E-state index contributed by atoms with van der Waals surface area (Å²) in [6.07, 6.45) is 1.74. The fourth-order valence-electron chi connectivity index (χ4n) is 2.63. The normalized spacial score (nSPS) is 12.1. The molecule has 24 heavy (non-hydrogen) atoms. The summed E-state index contributed by atoms with van der Waals surface area (Å²) in [5, 5.41) is 14.3. The van der Waals surface area contributed by atoms with Crippen LogP contribution in [0.3, 0.4) is 0 Å². The fourth-order valence-corrected chi connectivity index (χ4v) is 2.63. The number of aryl methyl sites for hydroxylation is 2.